The normalized spacial score (nSPS) is 31.7. The number of ether oxygens (including phenoxy) is 5. The Kier molecular flexibility index (Phi) is 6.02. The molecule has 3 aliphatic heterocycles. The summed E-state index contributed by atoms with van der Waals surface area (Å²) in [6.45, 7) is 7.51. The van der Waals surface area contributed by atoms with Crippen molar-refractivity contribution in [3.05, 3.63) is 47.2 Å². The number of benzene rings is 1. The van der Waals surface area contributed by atoms with Gasteiger partial charge in [0.2, 0.25) is 0 Å². The number of carbonyl (C=O) groups excluding carboxylic acids is 2. The number of rotatable bonds is 6. The minimum absolute atomic E-state index is 0.210. The lowest BCUT2D eigenvalue weighted by Crippen LogP contribution is -2.58. The average molecular weight is 432 g/mol. The Morgan fingerprint density at radius 3 is 2.61 bits per heavy atom. The molecule has 0 aromatic heterocycles. The first-order chi connectivity index (χ1) is 14.8. The van der Waals surface area contributed by atoms with Crippen LogP contribution in [0.4, 0.5) is 4.79 Å². The van der Waals surface area contributed by atoms with Crippen LogP contribution in [0.1, 0.15) is 33.3 Å². The monoisotopic (exact) mass is 432 g/mol. The predicted octanol–water partition coefficient (Wildman–Crippen LogP) is 1.97. The minimum Gasteiger partial charge on any atom is -0.463 e. The van der Waals surface area contributed by atoms with Crippen LogP contribution < -0.4 is 10.6 Å². The fourth-order valence-corrected chi connectivity index (χ4v) is 4.18. The van der Waals surface area contributed by atoms with Gasteiger partial charge in [-0.15, -0.1) is 0 Å². The van der Waals surface area contributed by atoms with Crippen LogP contribution in [0.25, 0.3) is 0 Å². The van der Waals surface area contributed by atoms with Gasteiger partial charge in [-0.05, 0) is 33.3 Å². The number of esters is 1. The van der Waals surface area contributed by atoms with Crippen molar-refractivity contribution in [1.29, 1.82) is 0 Å². The zero-order valence-electron chi connectivity index (χ0n) is 18.0. The largest absolute Gasteiger partial charge is 0.463 e. The van der Waals surface area contributed by atoms with Gasteiger partial charge in [-0.3, -0.25) is 0 Å². The highest BCUT2D eigenvalue weighted by molar-refractivity contribution is 5.94. The van der Waals surface area contributed by atoms with Crippen LogP contribution in [-0.4, -0.2) is 55.0 Å². The molecule has 0 radical (unpaired) electrons. The zero-order chi connectivity index (χ0) is 22.2. The lowest BCUT2D eigenvalue weighted by Gasteiger charge is -2.35. The summed E-state index contributed by atoms with van der Waals surface area (Å²) in [7, 11) is 0. The average Bonchev–Trinajstić information content (AvgIpc) is 3.18. The molecule has 9 heteroatoms. The van der Waals surface area contributed by atoms with Crippen LogP contribution in [0.2, 0.25) is 0 Å². The molecule has 4 rings (SSSR count). The molecule has 0 bridgehead atoms. The van der Waals surface area contributed by atoms with E-state index in [-0.39, 0.29) is 6.61 Å². The second-order valence-electron chi connectivity index (χ2n) is 8.17. The number of allylic oxidation sites excluding steroid dienone is 1. The molecule has 1 unspecified atom stereocenters. The summed E-state index contributed by atoms with van der Waals surface area (Å²) in [5.41, 5.74) is 1.69. The van der Waals surface area contributed by atoms with Crippen LogP contribution in [0, 0.1) is 0 Å². The third-order valence-corrected chi connectivity index (χ3v) is 5.44. The molecule has 3 heterocycles. The number of amides is 2. The van der Waals surface area contributed by atoms with Crippen molar-refractivity contribution < 1.29 is 33.3 Å². The van der Waals surface area contributed by atoms with E-state index in [1.165, 1.54) is 0 Å². The maximum absolute atomic E-state index is 12.7. The molecule has 2 N–H and O–H groups in total. The summed E-state index contributed by atoms with van der Waals surface area (Å²) >= 11 is 0. The highest BCUT2D eigenvalue weighted by Crippen LogP contribution is 2.41. The summed E-state index contributed by atoms with van der Waals surface area (Å²) in [5, 5.41) is 5.42. The van der Waals surface area contributed by atoms with Crippen molar-refractivity contribution in [2.45, 2.75) is 70.7 Å². The highest BCUT2D eigenvalue weighted by Gasteiger charge is 2.58. The van der Waals surface area contributed by atoms with Crippen LogP contribution in [-0.2, 0) is 35.1 Å². The molecule has 2 amide bonds. The van der Waals surface area contributed by atoms with Crippen LogP contribution in [0.3, 0.4) is 0 Å². The summed E-state index contributed by atoms with van der Waals surface area (Å²) in [6.07, 6.45) is -2.50. The molecule has 3 aliphatic rings. The van der Waals surface area contributed by atoms with E-state index in [2.05, 4.69) is 10.6 Å². The molecule has 0 aliphatic carbocycles. The first-order valence-corrected chi connectivity index (χ1v) is 10.4. The van der Waals surface area contributed by atoms with Crippen molar-refractivity contribution in [3.63, 3.8) is 0 Å². The van der Waals surface area contributed by atoms with E-state index in [1.807, 2.05) is 30.3 Å². The van der Waals surface area contributed by atoms with Gasteiger partial charge in [0.05, 0.1) is 24.8 Å². The molecule has 1 aromatic carbocycles. The van der Waals surface area contributed by atoms with Gasteiger partial charge in [0.25, 0.3) is 0 Å². The molecule has 1 aromatic rings. The predicted molar refractivity (Wildman–Crippen MR) is 109 cm³/mol. The van der Waals surface area contributed by atoms with Crippen LogP contribution >= 0.6 is 0 Å². The van der Waals surface area contributed by atoms with Crippen molar-refractivity contribution in [2.24, 2.45) is 0 Å². The fraction of sp³-hybridized carbons (Fsp3) is 0.545. The van der Waals surface area contributed by atoms with Gasteiger partial charge in [-0.25, -0.2) is 9.59 Å². The summed E-state index contributed by atoms with van der Waals surface area (Å²) in [6, 6.07) is 8.49. The van der Waals surface area contributed by atoms with E-state index in [0.717, 1.165) is 5.56 Å². The van der Waals surface area contributed by atoms with Gasteiger partial charge < -0.3 is 34.3 Å². The Morgan fingerprint density at radius 1 is 1.16 bits per heavy atom. The van der Waals surface area contributed by atoms with Gasteiger partial charge in [0.15, 0.2) is 12.1 Å². The van der Waals surface area contributed by atoms with Crippen molar-refractivity contribution in [2.75, 3.05) is 6.61 Å². The standard InChI is InChI=1S/C22H28N2O7/c1-5-27-19(25)14-12(2)23-21(26)24-15(14)16-17(28-11-13-9-7-6-8-10-13)18-20(29-16)31-22(3,4)30-18/h6-10,15-18,20H,5,11H2,1-4H3,(H2,23,24,26)/t15?,16-,17-,18-,20-/m1/s1. The molecule has 0 saturated carbocycles. The van der Waals surface area contributed by atoms with Gasteiger partial charge in [0.1, 0.15) is 18.3 Å². The number of hydrogen-bond donors (Lipinski definition) is 2. The third-order valence-electron chi connectivity index (χ3n) is 5.44. The van der Waals surface area contributed by atoms with Crippen molar-refractivity contribution in [1.82, 2.24) is 10.6 Å². The SMILES string of the molecule is CCOC(=O)C1=C(C)NC(=O)NC1[C@H]1O[C@@H]2OC(C)(C)O[C@@H]2[C@@H]1OCc1ccccc1. The van der Waals surface area contributed by atoms with E-state index in [9.17, 15) is 9.59 Å². The molecule has 0 spiro atoms. The first-order valence-electron chi connectivity index (χ1n) is 10.4. The van der Waals surface area contributed by atoms with Gasteiger partial charge in [0, 0.05) is 5.70 Å². The Balaban J connectivity index is 1.63. The molecule has 2 saturated heterocycles. The van der Waals surface area contributed by atoms with E-state index in [0.29, 0.717) is 17.9 Å². The van der Waals surface area contributed by atoms with Crippen molar-refractivity contribution in [3.8, 4) is 0 Å². The maximum Gasteiger partial charge on any atom is 0.337 e. The van der Waals surface area contributed by atoms with E-state index >= 15 is 0 Å². The third kappa shape index (κ3) is 4.45. The lowest BCUT2D eigenvalue weighted by atomic mass is 9.93. The summed E-state index contributed by atoms with van der Waals surface area (Å²) < 4.78 is 29.6. The smallest absolute Gasteiger partial charge is 0.337 e. The van der Waals surface area contributed by atoms with Crippen molar-refractivity contribution >= 4 is 12.0 Å². The zero-order valence-corrected chi connectivity index (χ0v) is 18.0. The fourth-order valence-electron chi connectivity index (χ4n) is 4.18. The molecular formula is C22H28N2O7. The number of nitrogens with one attached hydrogen (secondary N) is 2. The maximum atomic E-state index is 12.7. The van der Waals surface area contributed by atoms with Gasteiger partial charge in [-0.1, -0.05) is 30.3 Å². The van der Waals surface area contributed by atoms with Crippen LogP contribution in [0.5, 0.6) is 0 Å². The molecule has 9 nitrogen and oxygen atoms in total. The Labute approximate surface area is 181 Å². The van der Waals surface area contributed by atoms with Gasteiger partial charge >= 0.3 is 12.0 Å². The number of carbonyl (C=O) groups is 2. The highest BCUT2D eigenvalue weighted by atomic mass is 16.8. The minimum atomic E-state index is -0.832. The summed E-state index contributed by atoms with van der Waals surface area (Å²) in [5.74, 6) is -1.36. The summed E-state index contributed by atoms with van der Waals surface area (Å²) in [4.78, 5) is 24.9. The molecule has 168 valence electrons. The van der Waals surface area contributed by atoms with Crippen LogP contribution in [0.15, 0.2) is 41.6 Å². The molecule has 2 fully saturated rings. The Hall–Kier alpha value is -2.46. The topological polar surface area (TPSA) is 104 Å². The van der Waals surface area contributed by atoms with E-state index in [4.69, 9.17) is 23.7 Å². The number of urea groups is 1. The molecule has 5 atom stereocenters. The van der Waals surface area contributed by atoms with Gasteiger partial charge in [-0.2, -0.15) is 0 Å². The number of fused-ring (bicyclic) bond motifs is 1. The second kappa shape index (κ2) is 8.58. The Morgan fingerprint density at radius 2 is 1.90 bits per heavy atom. The first kappa shape index (κ1) is 21.8. The van der Waals surface area contributed by atoms with E-state index < -0.39 is 48.4 Å². The number of hydrogen-bond acceptors (Lipinski definition) is 7. The molecule has 31 heavy (non-hydrogen) atoms. The van der Waals surface area contributed by atoms with E-state index in [1.54, 1.807) is 27.7 Å². The Bertz CT molecular complexity index is 870. The lowest BCUT2D eigenvalue weighted by molar-refractivity contribution is -0.221. The quantitative estimate of drug-likeness (QED) is 0.662. The molecular weight excluding hydrogens is 404 g/mol. The second-order valence-corrected chi connectivity index (χ2v) is 8.17.